The molecule has 1 saturated heterocycles. The molecule has 1 aliphatic heterocycles. The van der Waals surface area contributed by atoms with Crippen LogP contribution in [-0.4, -0.2) is 44.6 Å². The van der Waals surface area contributed by atoms with Crippen LogP contribution in [0.5, 0.6) is 0 Å². The van der Waals surface area contributed by atoms with Crippen LogP contribution < -0.4 is 15.4 Å². The molecule has 11 heteroatoms. The molecule has 0 atom stereocenters. The summed E-state index contributed by atoms with van der Waals surface area (Å²) in [6, 6.07) is 11.2. The highest BCUT2D eigenvalue weighted by Gasteiger charge is 2.31. The molecule has 1 fully saturated rings. The van der Waals surface area contributed by atoms with E-state index in [4.69, 9.17) is 17.4 Å². The molecule has 3 N–H and O–H groups in total. The van der Waals surface area contributed by atoms with E-state index < -0.39 is 21.8 Å². The van der Waals surface area contributed by atoms with E-state index in [-0.39, 0.29) is 4.90 Å². The Morgan fingerprint density at radius 2 is 1.66 bits per heavy atom. The van der Waals surface area contributed by atoms with Crippen molar-refractivity contribution in [3.05, 3.63) is 54.1 Å². The zero-order valence-corrected chi connectivity index (χ0v) is 16.8. The summed E-state index contributed by atoms with van der Waals surface area (Å²) in [5.41, 5.74) is 0.470. The fourth-order valence-electron chi connectivity index (χ4n) is 2.98. The predicted molar refractivity (Wildman–Crippen MR) is 109 cm³/mol. The first kappa shape index (κ1) is 21.3. The monoisotopic (exact) mass is 444 g/mol. The standard InChI is InChI=1S/C18H19F3N4O2S2/c19-18(20,21)13-2-1-3-15(12-13)24-8-10-25(11-9-24)17(28)23-14-4-6-16(7-5-14)29(22,26)27/h1-7,12H,8-11H2,(H,23,28)(H2,22,26,27). The zero-order chi connectivity index (χ0) is 21.2. The molecule has 6 nitrogen and oxygen atoms in total. The number of thiocarbonyl (C=S) groups is 1. The summed E-state index contributed by atoms with van der Waals surface area (Å²) in [4.78, 5) is 3.80. The number of nitrogens with zero attached hydrogens (tertiary/aromatic N) is 2. The Labute approximate surface area is 172 Å². The molecule has 2 aromatic rings. The predicted octanol–water partition coefficient (Wildman–Crippen LogP) is 2.87. The van der Waals surface area contributed by atoms with Crippen molar-refractivity contribution in [2.75, 3.05) is 36.4 Å². The maximum absolute atomic E-state index is 12.9. The average Bonchev–Trinajstić information content (AvgIpc) is 2.67. The lowest BCUT2D eigenvalue weighted by Crippen LogP contribution is -2.50. The largest absolute Gasteiger partial charge is 0.416 e. The average molecular weight is 445 g/mol. The second-order valence-electron chi connectivity index (χ2n) is 6.52. The number of rotatable bonds is 3. The van der Waals surface area contributed by atoms with Gasteiger partial charge in [0.15, 0.2) is 5.11 Å². The van der Waals surface area contributed by atoms with Crippen LogP contribution in [0.2, 0.25) is 0 Å². The summed E-state index contributed by atoms with van der Waals surface area (Å²) in [5.74, 6) is 0. The maximum atomic E-state index is 12.9. The summed E-state index contributed by atoms with van der Waals surface area (Å²) >= 11 is 5.39. The summed E-state index contributed by atoms with van der Waals surface area (Å²) < 4.78 is 61.3. The number of nitrogens with two attached hydrogens (primary N) is 1. The first-order chi connectivity index (χ1) is 13.5. The highest BCUT2D eigenvalue weighted by Crippen LogP contribution is 2.31. The van der Waals surface area contributed by atoms with Crippen molar-refractivity contribution in [2.45, 2.75) is 11.1 Å². The Morgan fingerprint density at radius 3 is 2.21 bits per heavy atom. The number of halogens is 3. The minimum Gasteiger partial charge on any atom is -0.368 e. The van der Waals surface area contributed by atoms with Gasteiger partial charge in [0, 0.05) is 37.6 Å². The van der Waals surface area contributed by atoms with Crippen molar-refractivity contribution in [3.63, 3.8) is 0 Å². The van der Waals surface area contributed by atoms with Crippen LogP contribution in [0.4, 0.5) is 24.5 Å². The third-order valence-electron chi connectivity index (χ3n) is 4.54. The van der Waals surface area contributed by atoms with Gasteiger partial charge in [-0.05, 0) is 54.7 Å². The second-order valence-corrected chi connectivity index (χ2v) is 8.47. The number of alkyl halides is 3. The molecular weight excluding hydrogens is 425 g/mol. The van der Waals surface area contributed by atoms with Crippen LogP contribution in [0.15, 0.2) is 53.4 Å². The first-order valence-electron chi connectivity index (χ1n) is 8.65. The number of hydrogen-bond acceptors (Lipinski definition) is 4. The van der Waals surface area contributed by atoms with Crippen LogP contribution in [-0.2, 0) is 16.2 Å². The molecule has 0 radical (unpaired) electrons. The molecule has 2 aromatic carbocycles. The number of hydrogen-bond donors (Lipinski definition) is 2. The molecule has 0 spiro atoms. The zero-order valence-electron chi connectivity index (χ0n) is 15.2. The fraction of sp³-hybridized carbons (Fsp3) is 0.278. The highest BCUT2D eigenvalue weighted by molar-refractivity contribution is 7.89. The number of piperazine rings is 1. The molecule has 156 valence electrons. The quantitative estimate of drug-likeness (QED) is 0.709. The Morgan fingerprint density at radius 1 is 1.03 bits per heavy atom. The van der Waals surface area contributed by atoms with Gasteiger partial charge in [0.1, 0.15) is 0 Å². The molecule has 29 heavy (non-hydrogen) atoms. The van der Waals surface area contributed by atoms with E-state index in [0.29, 0.717) is 42.7 Å². The molecule has 0 unspecified atom stereocenters. The summed E-state index contributed by atoms with van der Waals surface area (Å²) in [6.07, 6.45) is -4.37. The smallest absolute Gasteiger partial charge is 0.368 e. The van der Waals surface area contributed by atoms with Crippen LogP contribution in [0.25, 0.3) is 0 Å². The molecule has 0 saturated carbocycles. The lowest BCUT2D eigenvalue weighted by molar-refractivity contribution is -0.137. The minimum atomic E-state index is -4.37. The van der Waals surface area contributed by atoms with Crippen molar-refractivity contribution in [1.29, 1.82) is 0 Å². The third-order valence-corrected chi connectivity index (χ3v) is 5.83. The number of sulfonamides is 1. The van der Waals surface area contributed by atoms with Crippen molar-refractivity contribution < 1.29 is 21.6 Å². The first-order valence-corrected chi connectivity index (χ1v) is 10.6. The van der Waals surface area contributed by atoms with Gasteiger partial charge in [-0.3, -0.25) is 0 Å². The highest BCUT2D eigenvalue weighted by atomic mass is 32.2. The lowest BCUT2D eigenvalue weighted by atomic mass is 10.1. The topological polar surface area (TPSA) is 78.7 Å². The molecule has 0 aliphatic carbocycles. The Kier molecular flexibility index (Phi) is 6.01. The van der Waals surface area contributed by atoms with Gasteiger partial charge in [0.2, 0.25) is 10.0 Å². The van der Waals surface area contributed by atoms with E-state index in [2.05, 4.69) is 5.32 Å². The summed E-state index contributed by atoms with van der Waals surface area (Å²) in [6.45, 7) is 2.12. The maximum Gasteiger partial charge on any atom is 0.416 e. The molecule has 0 amide bonds. The van der Waals surface area contributed by atoms with E-state index in [9.17, 15) is 21.6 Å². The third kappa shape index (κ3) is 5.37. The second kappa shape index (κ2) is 8.17. The van der Waals surface area contributed by atoms with Crippen molar-refractivity contribution >= 4 is 38.7 Å². The van der Waals surface area contributed by atoms with E-state index in [1.54, 1.807) is 18.2 Å². The Hall–Kier alpha value is -2.37. The fourth-order valence-corrected chi connectivity index (χ4v) is 3.79. The Bertz CT molecular complexity index is 987. The van der Waals surface area contributed by atoms with Gasteiger partial charge < -0.3 is 15.1 Å². The normalized spacial score (nSPS) is 15.3. The van der Waals surface area contributed by atoms with E-state index in [0.717, 1.165) is 12.1 Å². The molecule has 0 aromatic heterocycles. The summed E-state index contributed by atoms with van der Waals surface area (Å²) in [5, 5.41) is 8.55. The molecule has 0 bridgehead atoms. The van der Waals surface area contributed by atoms with Crippen molar-refractivity contribution in [3.8, 4) is 0 Å². The lowest BCUT2D eigenvalue weighted by Gasteiger charge is -2.37. The summed E-state index contributed by atoms with van der Waals surface area (Å²) in [7, 11) is -3.76. The SMILES string of the molecule is NS(=O)(=O)c1ccc(NC(=S)N2CCN(c3cccc(C(F)(F)F)c3)CC2)cc1. The van der Waals surface area contributed by atoms with Gasteiger partial charge in [-0.15, -0.1) is 0 Å². The number of nitrogens with one attached hydrogen (secondary N) is 1. The van der Waals surface area contributed by atoms with Gasteiger partial charge in [-0.2, -0.15) is 13.2 Å². The number of primary sulfonamides is 1. The van der Waals surface area contributed by atoms with Gasteiger partial charge in [0.05, 0.1) is 10.5 Å². The van der Waals surface area contributed by atoms with Gasteiger partial charge in [-0.25, -0.2) is 13.6 Å². The van der Waals surface area contributed by atoms with E-state index >= 15 is 0 Å². The van der Waals surface area contributed by atoms with E-state index in [1.165, 1.54) is 18.2 Å². The van der Waals surface area contributed by atoms with Crippen molar-refractivity contribution in [2.24, 2.45) is 5.14 Å². The van der Waals surface area contributed by atoms with Crippen molar-refractivity contribution in [1.82, 2.24) is 4.90 Å². The van der Waals surface area contributed by atoms with Gasteiger partial charge in [-0.1, -0.05) is 6.07 Å². The number of benzene rings is 2. The van der Waals surface area contributed by atoms with Crippen LogP contribution >= 0.6 is 12.2 Å². The van der Waals surface area contributed by atoms with Gasteiger partial charge in [0.25, 0.3) is 0 Å². The number of anilines is 2. The van der Waals surface area contributed by atoms with E-state index in [1.807, 2.05) is 9.80 Å². The van der Waals surface area contributed by atoms with Crippen LogP contribution in [0.3, 0.4) is 0 Å². The van der Waals surface area contributed by atoms with Crippen LogP contribution in [0.1, 0.15) is 5.56 Å². The molecular formula is C18H19F3N4O2S2. The molecule has 1 heterocycles. The van der Waals surface area contributed by atoms with Gasteiger partial charge >= 0.3 is 6.18 Å². The molecule has 3 rings (SSSR count). The minimum absolute atomic E-state index is 0.00340. The van der Waals surface area contributed by atoms with Crippen LogP contribution in [0, 0.1) is 0 Å². The molecule has 1 aliphatic rings. The Balaban J connectivity index is 1.58.